The number of carbonyl (C=O) groups excluding carboxylic acids is 1. The quantitative estimate of drug-likeness (QED) is 0.858. The zero-order chi connectivity index (χ0) is 16.6. The van der Waals surface area contributed by atoms with E-state index in [1.54, 1.807) is 12.1 Å². The normalized spacial score (nSPS) is 33.1. The van der Waals surface area contributed by atoms with Gasteiger partial charge in [-0.1, -0.05) is 19.3 Å². The van der Waals surface area contributed by atoms with Crippen molar-refractivity contribution in [3.05, 3.63) is 24.2 Å². The molecule has 4 fully saturated rings. The van der Waals surface area contributed by atoms with Gasteiger partial charge in [0.05, 0.1) is 6.26 Å². The first-order valence-corrected chi connectivity index (χ1v) is 9.37. The molecule has 5 rings (SSSR count). The van der Waals surface area contributed by atoms with Gasteiger partial charge < -0.3 is 14.3 Å². The fourth-order valence-electron chi connectivity index (χ4n) is 4.76. The van der Waals surface area contributed by atoms with Gasteiger partial charge in [0.1, 0.15) is 11.9 Å². The summed E-state index contributed by atoms with van der Waals surface area (Å²) in [6, 6.07) is 3.43. The maximum Gasteiger partial charge on any atom is 0.346 e. The third kappa shape index (κ3) is 2.78. The van der Waals surface area contributed by atoms with E-state index in [-0.39, 0.29) is 12.0 Å². The van der Waals surface area contributed by atoms with Crippen LogP contribution < -0.4 is 0 Å². The number of aliphatic hydroxyl groups is 1. The lowest BCUT2D eigenvalue weighted by atomic mass is 9.75. The minimum Gasteiger partial charge on any atom is -0.466 e. The summed E-state index contributed by atoms with van der Waals surface area (Å²) >= 11 is 0. The third-order valence-corrected chi connectivity index (χ3v) is 6.26. The number of nitrogens with zero attached hydrogens (tertiary/aromatic N) is 1. The van der Waals surface area contributed by atoms with E-state index in [1.165, 1.54) is 12.7 Å². The molecule has 1 aromatic heterocycles. The van der Waals surface area contributed by atoms with E-state index in [2.05, 4.69) is 4.90 Å². The summed E-state index contributed by atoms with van der Waals surface area (Å²) < 4.78 is 11.3. The van der Waals surface area contributed by atoms with Crippen molar-refractivity contribution in [2.24, 2.45) is 11.8 Å². The largest absolute Gasteiger partial charge is 0.466 e. The first-order chi connectivity index (χ1) is 11.7. The highest BCUT2D eigenvalue weighted by atomic mass is 16.6. The Labute approximate surface area is 143 Å². The molecule has 3 saturated heterocycles. The maximum absolute atomic E-state index is 13.1. The van der Waals surface area contributed by atoms with Crippen molar-refractivity contribution >= 4 is 5.97 Å². The Kier molecular flexibility index (Phi) is 4.39. The van der Waals surface area contributed by atoms with Gasteiger partial charge in [0.25, 0.3) is 0 Å². The first-order valence-electron chi connectivity index (χ1n) is 9.37. The van der Waals surface area contributed by atoms with Crippen LogP contribution in [0.5, 0.6) is 0 Å². The van der Waals surface area contributed by atoms with E-state index in [9.17, 15) is 9.90 Å². The van der Waals surface area contributed by atoms with Crippen LogP contribution in [0.3, 0.4) is 0 Å². The van der Waals surface area contributed by atoms with E-state index in [4.69, 9.17) is 9.15 Å². The molecule has 132 valence electrons. The lowest BCUT2D eigenvalue weighted by Crippen LogP contribution is -2.54. The summed E-state index contributed by atoms with van der Waals surface area (Å²) in [6.07, 6.45) is 8.52. The third-order valence-electron chi connectivity index (χ3n) is 6.26. The van der Waals surface area contributed by atoms with Crippen LogP contribution in [0.25, 0.3) is 0 Å². The number of esters is 1. The van der Waals surface area contributed by atoms with Crippen LogP contribution in [0.2, 0.25) is 0 Å². The molecule has 1 saturated carbocycles. The van der Waals surface area contributed by atoms with Gasteiger partial charge in [-0.05, 0) is 56.8 Å². The second kappa shape index (κ2) is 6.52. The Bertz CT molecular complexity index is 558. The van der Waals surface area contributed by atoms with Crippen molar-refractivity contribution in [3.63, 3.8) is 0 Å². The molecule has 1 aromatic rings. The van der Waals surface area contributed by atoms with Crippen LogP contribution >= 0.6 is 0 Å². The SMILES string of the molecule is O=C(OC1CN2CCC1CC2)C(O)(c1ccco1)C1CCCCC1. The average Bonchev–Trinajstić information content (AvgIpc) is 3.18. The predicted octanol–water partition coefficient (Wildman–Crippen LogP) is 2.68. The fourth-order valence-corrected chi connectivity index (χ4v) is 4.76. The molecule has 0 amide bonds. The number of fused-ring (bicyclic) bond motifs is 3. The molecule has 0 aromatic carbocycles. The summed E-state index contributed by atoms with van der Waals surface area (Å²) in [5.41, 5.74) is -1.64. The molecule has 1 N–H and O–H groups in total. The number of rotatable bonds is 4. The van der Waals surface area contributed by atoms with Gasteiger partial charge in [-0.25, -0.2) is 4.79 Å². The van der Waals surface area contributed by atoms with Crippen LogP contribution in [0.15, 0.2) is 22.8 Å². The standard InChI is InChI=1S/C19H27NO4/c21-18(24-16-13-20-10-8-14(16)9-11-20)19(22,17-7-4-12-23-17)15-5-2-1-3-6-15/h4,7,12,14-16,22H,1-3,5-6,8-11,13H2. The molecule has 2 bridgehead atoms. The van der Waals surface area contributed by atoms with Crippen molar-refractivity contribution in [3.8, 4) is 0 Å². The minimum absolute atomic E-state index is 0.0925. The number of carbonyl (C=O) groups is 1. The predicted molar refractivity (Wildman–Crippen MR) is 88.2 cm³/mol. The van der Waals surface area contributed by atoms with Gasteiger partial charge >= 0.3 is 5.97 Å². The molecule has 3 aliphatic heterocycles. The fraction of sp³-hybridized carbons (Fsp3) is 0.737. The number of hydrogen-bond acceptors (Lipinski definition) is 5. The molecule has 0 radical (unpaired) electrons. The molecule has 0 spiro atoms. The number of hydrogen-bond donors (Lipinski definition) is 1. The zero-order valence-electron chi connectivity index (χ0n) is 14.2. The van der Waals surface area contributed by atoms with Gasteiger partial charge in [-0.2, -0.15) is 0 Å². The lowest BCUT2D eigenvalue weighted by molar-refractivity contribution is -0.192. The van der Waals surface area contributed by atoms with Crippen molar-refractivity contribution in [2.45, 2.75) is 56.7 Å². The Morgan fingerprint density at radius 2 is 1.96 bits per heavy atom. The summed E-state index contributed by atoms with van der Waals surface area (Å²) in [4.78, 5) is 15.4. The Balaban J connectivity index is 1.55. The van der Waals surface area contributed by atoms with Crippen LogP contribution in [0.1, 0.15) is 50.7 Å². The molecule has 24 heavy (non-hydrogen) atoms. The second-order valence-corrected chi connectivity index (χ2v) is 7.66. The van der Waals surface area contributed by atoms with Gasteiger partial charge in [-0.15, -0.1) is 0 Å². The van der Waals surface area contributed by atoms with Crippen molar-refractivity contribution in [1.29, 1.82) is 0 Å². The highest BCUT2D eigenvalue weighted by Crippen LogP contribution is 2.41. The van der Waals surface area contributed by atoms with E-state index < -0.39 is 11.6 Å². The highest BCUT2D eigenvalue weighted by Gasteiger charge is 2.51. The molecule has 5 heteroatoms. The summed E-state index contributed by atoms with van der Waals surface area (Å²) in [7, 11) is 0. The number of ether oxygens (including phenoxy) is 1. The minimum atomic E-state index is -1.64. The van der Waals surface area contributed by atoms with Crippen molar-refractivity contribution in [1.82, 2.24) is 4.90 Å². The van der Waals surface area contributed by atoms with Gasteiger partial charge in [0.15, 0.2) is 0 Å². The topological polar surface area (TPSA) is 62.9 Å². The molecule has 4 heterocycles. The Morgan fingerprint density at radius 3 is 2.54 bits per heavy atom. The summed E-state index contributed by atoms with van der Waals surface area (Å²) in [5, 5.41) is 11.4. The van der Waals surface area contributed by atoms with E-state index >= 15 is 0 Å². The average molecular weight is 333 g/mol. The van der Waals surface area contributed by atoms with Crippen molar-refractivity contribution < 1.29 is 19.1 Å². The first kappa shape index (κ1) is 16.2. The maximum atomic E-state index is 13.1. The van der Waals surface area contributed by atoms with Gasteiger partial charge in [0, 0.05) is 12.5 Å². The summed E-state index contributed by atoms with van der Waals surface area (Å²) in [5.74, 6) is 0.140. The van der Waals surface area contributed by atoms with Gasteiger partial charge in [-0.3, -0.25) is 4.90 Å². The number of piperidine rings is 3. The molecule has 2 unspecified atom stereocenters. The number of furan rings is 1. The van der Waals surface area contributed by atoms with E-state index in [0.717, 1.165) is 58.2 Å². The summed E-state index contributed by atoms with van der Waals surface area (Å²) in [6.45, 7) is 3.00. The monoisotopic (exact) mass is 333 g/mol. The van der Waals surface area contributed by atoms with Crippen molar-refractivity contribution in [2.75, 3.05) is 19.6 Å². The molecule has 5 nitrogen and oxygen atoms in total. The van der Waals surface area contributed by atoms with E-state index in [0.29, 0.717) is 11.7 Å². The molecule has 1 aliphatic carbocycles. The Morgan fingerprint density at radius 1 is 1.21 bits per heavy atom. The molecular formula is C19H27NO4. The molecule has 4 aliphatic rings. The Hall–Kier alpha value is -1.33. The van der Waals surface area contributed by atoms with E-state index in [1.807, 2.05) is 0 Å². The molecular weight excluding hydrogens is 306 g/mol. The van der Waals surface area contributed by atoms with Crippen LogP contribution in [0, 0.1) is 11.8 Å². The second-order valence-electron chi connectivity index (χ2n) is 7.66. The highest BCUT2D eigenvalue weighted by molar-refractivity contribution is 5.81. The van der Waals surface area contributed by atoms with Crippen LogP contribution in [-0.4, -0.2) is 41.7 Å². The van der Waals surface area contributed by atoms with Crippen LogP contribution in [-0.2, 0) is 15.1 Å². The smallest absolute Gasteiger partial charge is 0.346 e. The van der Waals surface area contributed by atoms with Crippen LogP contribution in [0.4, 0.5) is 0 Å². The molecule has 2 atom stereocenters. The zero-order valence-corrected chi connectivity index (χ0v) is 14.2. The lowest BCUT2D eigenvalue weighted by Gasteiger charge is -2.45. The van der Waals surface area contributed by atoms with Gasteiger partial charge in [0.2, 0.25) is 5.60 Å².